The lowest BCUT2D eigenvalue weighted by molar-refractivity contribution is 0.327. The Morgan fingerprint density at radius 2 is 1.94 bits per heavy atom. The topological polar surface area (TPSA) is 61.0 Å². The van der Waals surface area contributed by atoms with Crippen LogP contribution >= 0.6 is 11.8 Å². The lowest BCUT2D eigenvalue weighted by Gasteiger charge is -2.08. The number of anilines is 1. The van der Waals surface area contributed by atoms with E-state index in [4.69, 9.17) is 10.5 Å². The molecule has 0 spiro atoms. The first-order chi connectivity index (χ1) is 8.70. The summed E-state index contributed by atoms with van der Waals surface area (Å²) in [5.74, 6) is 0.446. The zero-order valence-electron chi connectivity index (χ0n) is 10.4. The molecular weight excluding hydrogens is 246 g/mol. The first-order valence-electron chi connectivity index (χ1n) is 5.68. The van der Waals surface area contributed by atoms with Crippen LogP contribution in [-0.2, 0) is 0 Å². The highest BCUT2D eigenvalue weighted by Crippen LogP contribution is 2.33. The van der Waals surface area contributed by atoms with Crippen LogP contribution in [0.5, 0.6) is 5.88 Å². The number of ether oxygens (including phenoxy) is 1. The highest BCUT2D eigenvalue weighted by molar-refractivity contribution is 7.99. The third-order valence-corrected chi connectivity index (χ3v) is 3.35. The van der Waals surface area contributed by atoms with Crippen molar-refractivity contribution in [1.82, 2.24) is 9.97 Å². The third-order valence-electron chi connectivity index (χ3n) is 2.33. The number of benzene rings is 1. The summed E-state index contributed by atoms with van der Waals surface area (Å²) in [6.45, 7) is 4.49. The molecule has 0 amide bonds. The van der Waals surface area contributed by atoms with Gasteiger partial charge in [-0.1, -0.05) is 29.5 Å². The van der Waals surface area contributed by atoms with Crippen LogP contribution in [0, 0.1) is 6.92 Å². The fourth-order valence-corrected chi connectivity index (χ4v) is 2.21. The van der Waals surface area contributed by atoms with Crippen molar-refractivity contribution in [2.45, 2.75) is 23.8 Å². The zero-order valence-corrected chi connectivity index (χ0v) is 11.2. The normalized spacial score (nSPS) is 10.3. The SMILES string of the molecule is CCOc1ncnc(Sc2ccc(C)cc2)c1N. The van der Waals surface area contributed by atoms with E-state index in [9.17, 15) is 0 Å². The maximum Gasteiger partial charge on any atom is 0.241 e. The van der Waals surface area contributed by atoms with E-state index in [1.807, 2.05) is 19.1 Å². The predicted molar refractivity (Wildman–Crippen MR) is 72.9 cm³/mol. The summed E-state index contributed by atoms with van der Waals surface area (Å²) in [6, 6.07) is 8.20. The highest BCUT2D eigenvalue weighted by atomic mass is 32.2. The minimum absolute atomic E-state index is 0.446. The number of rotatable bonds is 4. The summed E-state index contributed by atoms with van der Waals surface area (Å²) < 4.78 is 5.34. The first kappa shape index (κ1) is 12.7. The molecule has 0 atom stereocenters. The average Bonchev–Trinajstić information content (AvgIpc) is 2.37. The fraction of sp³-hybridized carbons (Fsp3) is 0.231. The van der Waals surface area contributed by atoms with Gasteiger partial charge in [0.1, 0.15) is 17.0 Å². The van der Waals surface area contributed by atoms with Crippen molar-refractivity contribution in [3.05, 3.63) is 36.2 Å². The number of hydrogen-bond donors (Lipinski definition) is 1. The lowest BCUT2D eigenvalue weighted by atomic mass is 10.2. The predicted octanol–water partition coefficient (Wildman–Crippen LogP) is 2.92. The van der Waals surface area contributed by atoms with Gasteiger partial charge in [-0.3, -0.25) is 0 Å². The molecule has 94 valence electrons. The molecule has 2 aromatic rings. The van der Waals surface area contributed by atoms with Crippen LogP contribution in [0.3, 0.4) is 0 Å². The first-order valence-corrected chi connectivity index (χ1v) is 6.50. The molecule has 0 fully saturated rings. The molecule has 5 heteroatoms. The Kier molecular flexibility index (Phi) is 4.04. The standard InChI is InChI=1S/C13H15N3OS/c1-3-17-12-11(14)13(16-8-15-12)18-10-6-4-9(2)5-7-10/h4-8H,3,14H2,1-2H3. The number of nitrogens with zero attached hydrogens (tertiary/aromatic N) is 2. The Labute approximate surface area is 111 Å². The smallest absolute Gasteiger partial charge is 0.241 e. The van der Waals surface area contributed by atoms with Crippen molar-refractivity contribution in [3.63, 3.8) is 0 Å². The van der Waals surface area contributed by atoms with Gasteiger partial charge in [-0.05, 0) is 26.0 Å². The second-order valence-corrected chi connectivity index (χ2v) is 4.81. The summed E-state index contributed by atoms with van der Waals surface area (Å²) in [5, 5.41) is 0.720. The molecule has 1 heterocycles. The molecule has 0 aliphatic carbocycles. The van der Waals surface area contributed by atoms with Crippen LogP contribution in [-0.4, -0.2) is 16.6 Å². The Balaban J connectivity index is 2.23. The van der Waals surface area contributed by atoms with Crippen LogP contribution < -0.4 is 10.5 Å². The van der Waals surface area contributed by atoms with E-state index in [-0.39, 0.29) is 0 Å². The van der Waals surface area contributed by atoms with Crippen LogP contribution in [0.2, 0.25) is 0 Å². The summed E-state index contributed by atoms with van der Waals surface area (Å²) in [7, 11) is 0. The van der Waals surface area contributed by atoms with Crippen molar-refractivity contribution in [1.29, 1.82) is 0 Å². The van der Waals surface area contributed by atoms with E-state index < -0.39 is 0 Å². The second-order valence-electron chi connectivity index (χ2n) is 3.75. The van der Waals surface area contributed by atoms with Gasteiger partial charge in [0.25, 0.3) is 0 Å². The molecule has 0 unspecified atom stereocenters. The van der Waals surface area contributed by atoms with E-state index in [2.05, 4.69) is 29.0 Å². The van der Waals surface area contributed by atoms with E-state index in [1.165, 1.54) is 23.7 Å². The largest absolute Gasteiger partial charge is 0.476 e. The maximum atomic E-state index is 5.98. The Morgan fingerprint density at radius 1 is 1.22 bits per heavy atom. The minimum atomic E-state index is 0.446. The lowest BCUT2D eigenvalue weighted by Crippen LogP contribution is -2.02. The van der Waals surface area contributed by atoms with Crippen LogP contribution in [0.15, 0.2) is 40.5 Å². The van der Waals surface area contributed by atoms with Gasteiger partial charge in [0.15, 0.2) is 0 Å². The van der Waals surface area contributed by atoms with Crippen LogP contribution in [0.4, 0.5) is 5.69 Å². The number of aryl methyl sites for hydroxylation is 1. The third kappa shape index (κ3) is 2.92. The Bertz CT molecular complexity index is 528. The molecular formula is C13H15N3OS. The molecule has 0 saturated heterocycles. The average molecular weight is 261 g/mol. The van der Waals surface area contributed by atoms with E-state index in [0.717, 1.165) is 9.92 Å². The molecule has 1 aromatic heterocycles. The van der Waals surface area contributed by atoms with Gasteiger partial charge < -0.3 is 10.5 Å². The van der Waals surface area contributed by atoms with Crippen molar-refractivity contribution >= 4 is 17.4 Å². The number of hydrogen-bond acceptors (Lipinski definition) is 5. The molecule has 4 nitrogen and oxygen atoms in total. The molecule has 2 rings (SSSR count). The number of nitrogens with two attached hydrogens (primary N) is 1. The molecule has 0 bridgehead atoms. The van der Waals surface area contributed by atoms with Gasteiger partial charge in [0.05, 0.1) is 6.61 Å². The molecule has 0 saturated carbocycles. The van der Waals surface area contributed by atoms with Gasteiger partial charge in [0, 0.05) is 4.90 Å². The minimum Gasteiger partial charge on any atom is -0.476 e. The zero-order chi connectivity index (χ0) is 13.0. The van der Waals surface area contributed by atoms with Gasteiger partial charge in [-0.2, -0.15) is 4.98 Å². The fourth-order valence-electron chi connectivity index (χ4n) is 1.42. The van der Waals surface area contributed by atoms with Gasteiger partial charge >= 0.3 is 0 Å². The van der Waals surface area contributed by atoms with Crippen molar-refractivity contribution < 1.29 is 4.74 Å². The maximum absolute atomic E-state index is 5.98. The number of aromatic nitrogens is 2. The van der Waals surface area contributed by atoms with Gasteiger partial charge in [0.2, 0.25) is 5.88 Å². The molecule has 1 aromatic carbocycles. The molecule has 0 radical (unpaired) electrons. The Morgan fingerprint density at radius 3 is 2.61 bits per heavy atom. The summed E-state index contributed by atoms with van der Waals surface area (Å²) in [5.41, 5.74) is 7.69. The van der Waals surface area contributed by atoms with Crippen molar-refractivity contribution in [2.24, 2.45) is 0 Å². The van der Waals surface area contributed by atoms with Crippen molar-refractivity contribution in [2.75, 3.05) is 12.3 Å². The van der Waals surface area contributed by atoms with Crippen LogP contribution in [0.1, 0.15) is 12.5 Å². The molecule has 2 N–H and O–H groups in total. The molecule has 0 aliphatic rings. The van der Waals surface area contributed by atoms with E-state index in [0.29, 0.717) is 18.2 Å². The number of nitrogen functional groups attached to an aromatic ring is 1. The summed E-state index contributed by atoms with van der Waals surface area (Å²) in [4.78, 5) is 9.29. The van der Waals surface area contributed by atoms with E-state index in [1.54, 1.807) is 0 Å². The monoisotopic (exact) mass is 261 g/mol. The second kappa shape index (κ2) is 5.73. The van der Waals surface area contributed by atoms with Crippen molar-refractivity contribution in [3.8, 4) is 5.88 Å². The summed E-state index contributed by atoms with van der Waals surface area (Å²) >= 11 is 1.51. The van der Waals surface area contributed by atoms with Crippen LogP contribution in [0.25, 0.3) is 0 Å². The van der Waals surface area contributed by atoms with Gasteiger partial charge in [-0.25, -0.2) is 4.98 Å². The van der Waals surface area contributed by atoms with Gasteiger partial charge in [-0.15, -0.1) is 0 Å². The Hall–Kier alpha value is -1.75. The molecule has 0 aliphatic heterocycles. The highest BCUT2D eigenvalue weighted by Gasteiger charge is 2.10. The van der Waals surface area contributed by atoms with E-state index >= 15 is 0 Å². The molecule has 18 heavy (non-hydrogen) atoms. The summed E-state index contributed by atoms with van der Waals surface area (Å²) in [6.07, 6.45) is 1.47. The quantitative estimate of drug-likeness (QED) is 0.857.